The molecule has 0 heterocycles. The number of rotatable bonds is 4. The number of carbonyl (C=O) groups is 2. The molecule has 4 nitrogen and oxygen atoms in total. The number of aromatic carboxylic acids is 2. The Morgan fingerprint density at radius 3 is 1.68 bits per heavy atom. The summed E-state index contributed by atoms with van der Waals surface area (Å²) in [6.45, 7) is 9.34. The van der Waals surface area contributed by atoms with Crippen molar-refractivity contribution in [2.24, 2.45) is 5.92 Å². The van der Waals surface area contributed by atoms with Crippen LogP contribution >= 0.6 is 0 Å². The molecule has 2 N–H and O–H groups in total. The van der Waals surface area contributed by atoms with Crippen molar-refractivity contribution in [3.63, 3.8) is 0 Å². The molecule has 1 aromatic carbocycles. The van der Waals surface area contributed by atoms with E-state index in [2.05, 4.69) is 13.8 Å². The van der Waals surface area contributed by atoms with Crippen molar-refractivity contribution in [2.75, 3.05) is 0 Å². The highest BCUT2D eigenvalue weighted by Gasteiger charge is 2.25. The van der Waals surface area contributed by atoms with Crippen molar-refractivity contribution in [2.45, 2.75) is 41.0 Å². The van der Waals surface area contributed by atoms with E-state index in [4.69, 9.17) is 0 Å². The van der Waals surface area contributed by atoms with E-state index in [1.807, 2.05) is 6.92 Å². The van der Waals surface area contributed by atoms with E-state index in [9.17, 15) is 19.8 Å². The largest absolute Gasteiger partial charge is 0.478 e. The summed E-state index contributed by atoms with van der Waals surface area (Å²) in [6, 6.07) is 0. The summed E-state index contributed by atoms with van der Waals surface area (Å²) in [5.74, 6) is -1.98. The van der Waals surface area contributed by atoms with Gasteiger partial charge in [-0.3, -0.25) is 0 Å². The van der Waals surface area contributed by atoms with Gasteiger partial charge < -0.3 is 10.2 Å². The van der Waals surface area contributed by atoms with Crippen molar-refractivity contribution in [3.8, 4) is 0 Å². The predicted octanol–water partition coefficient (Wildman–Crippen LogP) is 3.21. The fourth-order valence-corrected chi connectivity index (χ4v) is 2.47. The van der Waals surface area contributed by atoms with Gasteiger partial charge in [-0.05, 0) is 55.4 Å². The Morgan fingerprint density at radius 2 is 1.32 bits per heavy atom. The maximum absolute atomic E-state index is 11.4. The third-order valence-electron chi connectivity index (χ3n) is 3.51. The third kappa shape index (κ3) is 2.78. The van der Waals surface area contributed by atoms with Gasteiger partial charge in [0, 0.05) is 0 Å². The molecule has 0 aliphatic carbocycles. The molecule has 1 aromatic rings. The van der Waals surface area contributed by atoms with Gasteiger partial charge in [0.15, 0.2) is 0 Å². The monoisotopic (exact) mass is 264 g/mol. The molecule has 0 saturated carbocycles. The van der Waals surface area contributed by atoms with E-state index in [1.165, 1.54) is 0 Å². The van der Waals surface area contributed by atoms with Crippen molar-refractivity contribution in [1.82, 2.24) is 0 Å². The second kappa shape index (κ2) is 5.43. The van der Waals surface area contributed by atoms with Crippen LogP contribution in [0, 0.1) is 26.7 Å². The SMILES string of the molecule is Cc1c(C)c(C(=O)O)c(C(=O)O)c(C)c1CC(C)C. The summed E-state index contributed by atoms with van der Waals surface area (Å²) in [5.41, 5.74) is 2.79. The molecule has 1 rings (SSSR count). The van der Waals surface area contributed by atoms with Crippen LogP contribution in [-0.4, -0.2) is 22.2 Å². The number of benzene rings is 1. The van der Waals surface area contributed by atoms with Crippen LogP contribution in [0.4, 0.5) is 0 Å². The highest BCUT2D eigenvalue weighted by atomic mass is 16.4. The predicted molar refractivity (Wildman–Crippen MR) is 73.1 cm³/mol. The first-order chi connectivity index (χ1) is 8.68. The van der Waals surface area contributed by atoms with Crippen LogP contribution in [0.3, 0.4) is 0 Å². The van der Waals surface area contributed by atoms with Crippen molar-refractivity contribution in [1.29, 1.82) is 0 Å². The topological polar surface area (TPSA) is 74.6 Å². The zero-order valence-electron chi connectivity index (χ0n) is 12.0. The minimum atomic E-state index is -1.18. The van der Waals surface area contributed by atoms with E-state index in [0.717, 1.165) is 17.5 Å². The Labute approximate surface area is 113 Å². The molecule has 104 valence electrons. The Hall–Kier alpha value is -1.84. The van der Waals surface area contributed by atoms with E-state index >= 15 is 0 Å². The number of carboxylic acid groups (broad SMARTS) is 2. The average Bonchev–Trinajstić information content (AvgIpc) is 2.27. The van der Waals surface area contributed by atoms with Gasteiger partial charge >= 0.3 is 11.9 Å². The molecule has 0 aliphatic heterocycles. The van der Waals surface area contributed by atoms with Crippen molar-refractivity contribution >= 4 is 11.9 Å². The number of carboxylic acids is 2. The molecular weight excluding hydrogens is 244 g/mol. The minimum Gasteiger partial charge on any atom is -0.478 e. The van der Waals surface area contributed by atoms with Crippen LogP contribution in [0.25, 0.3) is 0 Å². The van der Waals surface area contributed by atoms with Gasteiger partial charge in [-0.1, -0.05) is 13.8 Å². The Morgan fingerprint density at radius 1 is 0.895 bits per heavy atom. The average molecular weight is 264 g/mol. The first kappa shape index (κ1) is 15.2. The molecule has 0 spiro atoms. The van der Waals surface area contributed by atoms with Gasteiger partial charge in [0.1, 0.15) is 0 Å². The van der Waals surface area contributed by atoms with Crippen molar-refractivity contribution < 1.29 is 19.8 Å². The second-order valence-corrected chi connectivity index (χ2v) is 5.31. The molecule has 0 amide bonds. The lowest BCUT2D eigenvalue weighted by Gasteiger charge is -2.19. The summed E-state index contributed by atoms with van der Waals surface area (Å²) >= 11 is 0. The lowest BCUT2D eigenvalue weighted by molar-refractivity contribution is 0.0649. The van der Waals surface area contributed by atoms with Crippen molar-refractivity contribution in [3.05, 3.63) is 33.4 Å². The van der Waals surface area contributed by atoms with Crippen LogP contribution in [0.15, 0.2) is 0 Å². The summed E-state index contributed by atoms with van der Waals surface area (Å²) in [6.07, 6.45) is 0.749. The summed E-state index contributed by atoms with van der Waals surface area (Å²) in [4.78, 5) is 22.7. The maximum Gasteiger partial charge on any atom is 0.336 e. The normalized spacial score (nSPS) is 10.8. The molecular formula is C15H20O4. The van der Waals surface area contributed by atoms with Crippen LogP contribution in [-0.2, 0) is 6.42 Å². The molecule has 19 heavy (non-hydrogen) atoms. The Kier molecular flexibility index (Phi) is 4.35. The van der Waals surface area contributed by atoms with E-state index in [0.29, 0.717) is 17.0 Å². The molecule has 0 bridgehead atoms. The second-order valence-electron chi connectivity index (χ2n) is 5.31. The van der Waals surface area contributed by atoms with Crippen LogP contribution < -0.4 is 0 Å². The summed E-state index contributed by atoms with van der Waals surface area (Å²) < 4.78 is 0. The molecule has 0 unspecified atom stereocenters. The molecule has 0 radical (unpaired) electrons. The van der Waals surface area contributed by atoms with Gasteiger partial charge in [0.25, 0.3) is 0 Å². The Bertz CT molecular complexity index is 542. The highest BCUT2D eigenvalue weighted by Crippen LogP contribution is 2.29. The first-order valence-corrected chi connectivity index (χ1v) is 6.27. The Balaban J connectivity index is 3.73. The smallest absolute Gasteiger partial charge is 0.336 e. The molecule has 4 heteroatoms. The maximum atomic E-state index is 11.4. The number of hydrogen-bond donors (Lipinski definition) is 2. The lowest BCUT2D eigenvalue weighted by Crippen LogP contribution is -2.16. The molecule has 0 aromatic heterocycles. The molecule has 0 fully saturated rings. The molecule has 0 saturated heterocycles. The lowest BCUT2D eigenvalue weighted by atomic mass is 9.85. The van der Waals surface area contributed by atoms with Crippen LogP contribution in [0.5, 0.6) is 0 Å². The number of hydrogen-bond acceptors (Lipinski definition) is 2. The van der Waals surface area contributed by atoms with E-state index < -0.39 is 11.9 Å². The molecule has 0 aliphatic rings. The minimum absolute atomic E-state index is 0.0775. The highest BCUT2D eigenvalue weighted by molar-refractivity contribution is 6.04. The fraction of sp³-hybridized carbons (Fsp3) is 0.467. The molecule has 0 atom stereocenters. The summed E-state index contributed by atoms with van der Waals surface area (Å²) in [7, 11) is 0. The standard InChI is InChI=1S/C15H20O4/c1-7(2)6-11-8(3)9(4)12(14(16)17)13(10(11)5)15(18)19/h7H,6H2,1-5H3,(H,16,17)(H,18,19). The zero-order valence-corrected chi connectivity index (χ0v) is 12.0. The summed E-state index contributed by atoms with van der Waals surface area (Å²) in [5, 5.41) is 18.6. The van der Waals surface area contributed by atoms with Crippen LogP contribution in [0.1, 0.15) is 56.8 Å². The van der Waals surface area contributed by atoms with Gasteiger partial charge in [0.05, 0.1) is 11.1 Å². The fourth-order valence-electron chi connectivity index (χ4n) is 2.47. The van der Waals surface area contributed by atoms with Crippen LogP contribution in [0.2, 0.25) is 0 Å². The van der Waals surface area contributed by atoms with E-state index in [-0.39, 0.29) is 11.1 Å². The third-order valence-corrected chi connectivity index (χ3v) is 3.51. The van der Waals surface area contributed by atoms with Gasteiger partial charge in [-0.2, -0.15) is 0 Å². The van der Waals surface area contributed by atoms with Gasteiger partial charge in [0.2, 0.25) is 0 Å². The first-order valence-electron chi connectivity index (χ1n) is 6.27. The zero-order chi connectivity index (χ0) is 14.9. The van der Waals surface area contributed by atoms with Gasteiger partial charge in [-0.25, -0.2) is 9.59 Å². The van der Waals surface area contributed by atoms with E-state index in [1.54, 1.807) is 13.8 Å². The quantitative estimate of drug-likeness (QED) is 0.875. The van der Waals surface area contributed by atoms with Gasteiger partial charge in [-0.15, -0.1) is 0 Å².